The van der Waals surface area contributed by atoms with E-state index in [0.717, 1.165) is 51.1 Å². The summed E-state index contributed by atoms with van der Waals surface area (Å²) in [6.45, 7) is 9.16. The van der Waals surface area contributed by atoms with E-state index in [4.69, 9.17) is 0 Å². The zero-order valence-corrected chi connectivity index (χ0v) is 16.6. The second kappa shape index (κ2) is 11.6. The van der Waals surface area contributed by atoms with E-state index in [-0.39, 0.29) is 30.7 Å². The first-order valence-electron chi connectivity index (χ1n) is 8.48. The Bertz CT molecular complexity index is 482. The molecular weight excluding hydrogens is 345 g/mol. The van der Waals surface area contributed by atoms with Gasteiger partial charge in [0.05, 0.1) is 0 Å². The molecule has 1 aromatic carbocycles. The standard InChI is InChI=1S/C18H29N3O.2ClH/c1-4-11-20(5-2)17-8-6-16(7-9-17)18(22)21-12-10-15(14-21)13-19-3;;/h6-9,15,19H,4-5,10-14H2,1-3H3;2*1H. The van der Waals surface area contributed by atoms with Crippen molar-refractivity contribution in [2.75, 3.05) is 44.7 Å². The first-order valence-corrected chi connectivity index (χ1v) is 8.48. The van der Waals surface area contributed by atoms with Crippen molar-refractivity contribution in [3.63, 3.8) is 0 Å². The number of halogens is 2. The van der Waals surface area contributed by atoms with Gasteiger partial charge in [0.25, 0.3) is 5.91 Å². The van der Waals surface area contributed by atoms with E-state index in [2.05, 4.69) is 36.2 Å². The number of carbonyl (C=O) groups excluding carboxylic acids is 1. The Kier molecular flexibility index (Phi) is 11.1. The highest BCUT2D eigenvalue weighted by Gasteiger charge is 2.26. The fraction of sp³-hybridized carbons (Fsp3) is 0.611. The third-order valence-electron chi connectivity index (χ3n) is 4.42. The van der Waals surface area contributed by atoms with Gasteiger partial charge in [0.1, 0.15) is 0 Å². The maximum absolute atomic E-state index is 12.6. The van der Waals surface area contributed by atoms with E-state index in [1.165, 1.54) is 5.69 Å². The Morgan fingerprint density at radius 1 is 1.25 bits per heavy atom. The lowest BCUT2D eigenvalue weighted by atomic mass is 10.1. The molecule has 1 aliphatic rings. The lowest BCUT2D eigenvalue weighted by molar-refractivity contribution is 0.0787. The van der Waals surface area contributed by atoms with E-state index in [1.807, 2.05) is 24.1 Å². The van der Waals surface area contributed by atoms with Gasteiger partial charge in [-0.25, -0.2) is 0 Å². The van der Waals surface area contributed by atoms with Gasteiger partial charge in [0.15, 0.2) is 0 Å². The zero-order valence-electron chi connectivity index (χ0n) is 15.0. The van der Waals surface area contributed by atoms with Gasteiger partial charge in [-0.3, -0.25) is 4.79 Å². The highest BCUT2D eigenvalue weighted by molar-refractivity contribution is 5.94. The molecule has 0 radical (unpaired) electrons. The monoisotopic (exact) mass is 375 g/mol. The number of nitrogens with one attached hydrogen (secondary N) is 1. The van der Waals surface area contributed by atoms with Gasteiger partial charge in [0, 0.05) is 37.4 Å². The molecule has 24 heavy (non-hydrogen) atoms. The van der Waals surface area contributed by atoms with Gasteiger partial charge in [-0.05, 0) is 63.5 Å². The van der Waals surface area contributed by atoms with Crippen LogP contribution < -0.4 is 10.2 Å². The van der Waals surface area contributed by atoms with E-state index in [1.54, 1.807) is 0 Å². The predicted octanol–water partition coefficient (Wildman–Crippen LogP) is 3.45. The summed E-state index contributed by atoms with van der Waals surface area (Å²) in [7, 11) is 1.97. The first-order chi connectivity index (χ1) is 10.7. The van der Waals surface area contributed by atoms with Gasteiger partial charge in [-0.15, -0.1) is 24.8 Å². The number of rotatable bonds is 7. The SMILES string of the molecule is CCCN(CC)c1ccc(C(=O)N2CCC(CNC)C2)cc1.Cl.Cl. The van der Waals surface area contributed by atoms with E-state index in [0.29, 0.717) is 5.92 Å². The lowest BCUT2D eigenvalue weighted by Crippen LogP contribution is -2.30. The summed E-state index contributed by atoms with van der Waals surface area (Å²) < 4.78 is 0. The van der Waals surface area contributed by atoms with Crippen LogP contribution in [0, 0.1) is 5.92 Å². The molecule has 0 bridgehead atoms. The predicted molar refractivity (Wildman–Crippen MR) is 107 cm³/mol. The van der Waals surface area contributed by atoms with Gasteiger partial charge in [-0.1, -0.05) is 6.92 Å². The van der Waals surface area contributed by atoms with Crippen LogP contribution >= 0.6 is 24.8 Å². The minimum Gasteiger partial charge on any atom is -0.372 e. The second-order valence-corrected chi connectivity index (χ2v) is 6.09. The van der Waals surface area contributed by atoms with E-state index < -0.39 is 0 Å². The van der Waals surface area contributed by atoms with Crippen molar-refractivity contribution in [3.8, 4) is 0 Å². The van der Waals surface area contributed by atoms with Crippen molar-refractivity contribution in [2.45, 2.75) is 26.7 Å². The number of benzene rings is 1. The highest BCUT2D eigenvalue weighted by Crippen LogP contribution is 2.20. The average Bonchev–Trinajstić information content (AvgIpc) is 3.01. The van der Waals surface area contributed by atoms with E-state index >= 15 is 0 Å². The highest BCUT2D eigenvalue weighted by atomic mass is 35.5. The molecule has 1 heterocycles. The molecule has 1 N–H and O–H groups in total. The molecule has 0 saturated carbocycles. The molecule has 1 atom stereocenters. The summed E-state index contributed by atoms with van der Waals surface area (Å²) >= 11 is 0. The largest absolute Gasteiger partial charge is 0.372 e. The summed E-state index contributed by atoms with van der Waals surface area (Å²) in [6.07, 6.45) is 2.24. The molecule has 2 rings (SSSR count). The number of hydrogen-bond acceptors (Lipinski definition) is 3. The van der Waals surface area contributed by atoms with Crippen LogP contribution in [0.3, 0.4) is 0 Å². The molecule has 0 aromatic heterocycles. The van der Waals surface area contributed by atoms with Gasteiger partial charge in [0.2, 0.25) is 0 Å². The van der Waals surface area contributed by atoms with E-state index in [9.17, 15) is 4.79 Å². The lowest BCUT2D eigenvalue weighted by Gasteiger charge is -2.23. The number of amides is 1. The quantitative estimate of drug-likeness (QED) is 0.792. The smallest absolute Gasteiger partial charge is 0.253 e. The molecule has 1 unspecified atom stereocenters. The van der Waals surface area contributed by atoms with Crippen molar-refractivity contribution in [1.29, 1.82) is 0 Å². The van der Waals surface area contributed by atoms with Crippen molar-refractivity contribution >= 4 is 36.4 Å². The van der Waals surface area contributed by atoms with Crippen LogP contribution in [0.15, 0.2) is 24.3 Å². The Morgan fingerprint density at radius 3 is 2.46 bits per heavy atom. The van der Waals surface area contributed by atoms with Crippen molar-refractivity contribution in [3.05, 3.63) is 29.8 Å². The van der Waals surface area contributed by atoms with Crippen LogP contribution in [0.25, 0.3) is 0 Å². The molecular formula is C18H31Cl2N3O. The summed E-state index contributed by atoms with van der Waals surface area (Å²) in [5, 5.41) is 3.20. The normalized spacial score (nSPS) is 16.3. The number of nitrogens with zero attached hydrogens (tertiary/aromatic N) is 2. The molecule has 4 nitrogen and oxygen atoms in total. The van der Waals surface area contributed by atoms with Crippen LogP contribution in [0.5, 0.6) is 0 Å². The second-order valence-electron chi connectivity index (χ2n) is 6.09. The molecule has 0 aliphatic carbocycles. The minimum absolute atomic E-state index is 0. The van der Waals surface area contributed by atoms with Crippen molar-refractivity contribution < 1.29 is 4.79 Å². The number of carbonyl (C=O) groups is 1. The fourth-order valence-corrected chi connectivity index (χ4v) is 3.21. The first kappa shape index (κ1) is 23.0. The zero-order chi connectivity index (χ0) is 15.9. The molecule has 1 saturated heterocycles. The molecule has 1 amide bonds. The number of hydrogen-bond donors (Lipinski definition) is 1. The molecule has 1 aliphatic heterocycles. The van der Waals surface area contributed by atoms with Gasteiger partial charge in [-0.2, -0.15) is 0 Å². The fourth-order valence-electron chi connectivity index (χ4n) is 3.21. The van der Waals surface area contributed by atoms with Crippen molar-refractivity contribution in [1.82, 2.24) is 10.2 Å². The number of likely N-dealkylation sites (tertiary alicyclic amines) is 1. The molecule has 138 valence electrons. The molecule has 6 heteroatoms. The molecule has 1 fully saturated rings. The molecule has 0 spiro atoms. The molecule has 1 aromatic rings. The van der Waals surface area contributed by atoms with Crippen molar-refractivity contribution in [2.24, 2.45) is 5.92 Å². The number of anilines is 1. The van der Waals surface area contributed by atoms with Crippen LogP contribution in [-0.2, 0) is 0 Å². The maximum atomic E-state index is 12.6. The summed E-state index contributed by atoms with van der Waals surface area (Å²) in [5.74, 6) is 0.761. The minimum atomic E-state index is 0. The Labute approximate surface area is 158 Å². The van der Waals surface area contributed by atoms with Gasteiger partial charge < -0.3 is 15.1 Å². The van der Waals surface area contributed by atoms with Crippen LogP contribution in [0.1, 0.15) is 37.0 Å². The van der Waals surface area contributed by atoms with Gasteiger partial charge >= 0.3 is 0 Å². The Morgan fingerprint density at radius 2 is 1.92 bits per heavy atom. The Hall–Kier alpha value is -0.970. The Balaban J connectivity index is 0.00000264. The maximum Gasteiger partial charge on any atom is 0.253 e. The third kappa shape index (κ3) is 5.83. The van der Waals surface area contributed by atoms with Crippen LogP contribution in [-0.4, -0.2) is 50.6 Å². The average molecular weight is 376 g/mol. The summed E-state index contributed by atoms with van der Waals surface area (Å²) in [6, 6.07) is 8.10. The summed E-state index contributed by atoms with van der Waals surface area (Å²) in [5.41, 5.74) is 2.01. The summed E-state index contributed by atoms with van der Waals surface area (Å²) in [4.78, 5) is 16.9. The van der Waals surface area contributed by atoms with Crippen LogP contribution in [0.2, 0.25) is 0 Å². The van der Waals surface area contributed by atoms with Crippen LogP contribution in [0.4, 0.5) is 5.69 Å². The topological polar surface area (TPSA) is 35.6 Å². The third-order valence-corrected chi connectivity index (χ3v) is 4.42.